The van der Waals surface area contributed by atoms with Crippen molar-refractivity contribution in [1.29, 1.82) is 0 Å². The summed E-state index contributed by atoms with van der Waals surface area (Å²) >= 11 is 0. The topological polar surface area (TPSA) is 54.0 Å². The highest BCUT2D eigenvalue weighted by Crippen LogP contribution is 2.19. The van der Waals surface area contributed by atoms with Crippen LogP contribution in [0.2, 0.25) is 0 Å². The summed E-state index contributed by atoms with van der Waals surface area (Å²) in [5.74, 6) is 2.14. The van der Waals surface area contributed by atoms with Crippen molar-refractivity contribution in [2.24, 2.45) is 17.8 Å². The predicted octanol–water partition coefficient (Wildman–Crippen LogP) is 2.78. The minimum Gasteiger partial charge on any atom is -0.372 e. The molecule has 0 fully saturated rings. The lowest BCUT2D eigenvalue weighted by Crippen LogP contribution is -2.34. The van der Waals surface area contributed by atoms with Crippen molar-refractivity contribution >= 4 is 11.7 Å². The standard InChI is InChI=1S/C15H25N3O/c1-10(2)13(11(3)4)9-18-15(19)12-7-6-8-17-14(12)16-5/h6-8,10-11,13H,9H2,1-5H3,(H,16,17)(H,18,19). The van der Waals surface area contributed by atoms with Crippen LogP contribution >= 0.6 is 0 Å². The van der Waals surface area contributed by atoms with E-state index < -0.39 is 0 Å². The maximum Gasteiger partial charge on any atom is 0.255 e. The van der Waals surface area contributed by atoms with Crippen molar-refractivity contribution in [2.75, 3.05) is 18.9 Å². The van der Waals surface area contributed by atoms with Crippen LogP contribution in [0, 0.1) is 17.8 Å². The minimum atomic E-state index is -0.0660. The van der Waals surface area contributed by atoms with E-state index >= 15 is 0 Å². The van der Waals surface area contributed by atoms with Crippen LogP contribution in [0.15, 0.2) is 18.3 Å². The molecule has 1 aromatic heterocycles. The van der Waals surface area contributed by atoms with Crippen LogP contribution in [0.3, 0.4) is 0 Å². The van der Waals surface area contributed by atoms with E-state index in [0.717, 1.165) is 0 Å². The summed E-state index contributed by atoms with van der Waals surface area (Å²) in [6, 6.07) is 3.56. The van der Waals surface area contributed by atoms with Crippen LogP contribution in [0.1, 0.15) is 38.1 Å². The fourth-order valence-electron chi connectivity index (χ4n) is 2.33. The maximum atomic E-state index is 12.2. The van der Waals surface area contributed by atoms with E-state index in [4.69, 9.17) is 0 Å². The molecule has 4 heteroatoms. The lowest BCUT2D eigenvalue weighted by molar-refractivity contribution is 0.0937. The molecule has 0 atom stereocenters. The second-order valence-corrected chi connectivity index (χ2v) is 5.51. The molecule has 0 aliphatic rings. The van der Waals surface area contributed by atoms with Crippen LogP contribution in [0.4, 0.5) is 5.82 Å². The molecule has 0 saturated heterocycles. The van der Waals surface area contributed by atoms with Crippen molar-refractivity contribution in [2.45, 2.75) is 27.7 Å². The molecule has 0 saturated carbocycles. The lowest BCUT2D eigenvalue weighted by atomic mass is 9.85. The monoisotopic (exact) mass is 263 g/mol. The third-order valence-corrected chi connectivity index (χ3v) is 3.50. The normalized spacial score (nSPS) is 11.2. The van der Waals surface area contributed by atoms with Gasteiger partial charge in [-0.25, -0.2) is 4.98 Å². The number of pyridine rings is 1. The van der Waals surface area contributed by atoms with E-state index in [0.29, 0.717) is 35.7 Å². The average Bonchev–Trinajstić information content (AvgIpc) is 2.37. The van der Waals surface area contributed by atoms with Crippen molar-refractivity contribution in [3.63, 3.8) is 0 Å². The van der Waals surface area contributed by atoms with Gasteiger partial charge in [-0.2, -0.15) is 0 Å². The second kappa shape index (κ2) is 7.12. The largest absolute Gasteiger partial charge is 0.372 e. The molecule has 19 heavy (non-hydrogen) atoms. The first-order chi connectivity index (χ1) is 8.97. The first kappa shape index (κ1) is 15.5. The van der Waals surface area contributed by atoms with Gasteiger partial charge in [0.1, 0.15) is 5.82 Å². The van der Waals surface area contributed by atoms with Crippen molar-refractivity contribution in [1.82, 2.24) is 10.3 Å². The van der Waals surface area contributed by atoms with Gasteiger partial charge >= 0.3 is 0 Å². The van der Waals surface area contributed by atoms with E-state index in [1.54, 1.807) is 25.4 Å². The molecule has 4 nitrogen and oxygen atoms in total. The molecular formula is C15H25N3O. The Labute approximate surface area is 116 Å². The quantitative estimate of drug-likeness (QED) is 0.829. The number of hydrogen-bond acceptors (Lipinski definition) is 3. The zero-order valence-corrected chi connectivity index (χ0v) is 12.5. The third kappa shape index (κ3) is 4.23. The Morgan fingerprint density at radius 1 is 1.26 bits per heavy atom. The number of anilines is 1. The molecule has 0 unspecified atom stereocenters. The molecule has 0 radical (unpaired) electrons. The molecule has 1 amide bonds. The summed E-state index contributed by atoms with van der Waals surface area (Å²) in [6.45, 7) is 9.48. The Hall–Kier alpha value is -1.58. The molecular weight excluding hydrogens is 238 g/mol. The minimum absolute atomic E-state index is 0.0660. The summed E-state index contributed by atoms with van der Waals surface area (Å²) in [5.41, 5.74) is 0.594. The first-order valence-corrected chi connectivity index (χ1v) is 6.88. The van der Waals surface area contributed by atoms with Gasteiger partial charge in [-0.15, -0.1) is 0 Å². The van der Waals surface area contributed by atoms with Crippen LogP contribution in [-0.4, -0.2) is 24.5 Å². The van der Waals surface area contributed by atoms with Crippen molar-refractivity contribution < 1.29 is 4.79 Å². The van der Waals surface area contributed by atoms with E-state index in [-0.39, 0.29) is 5.91 Å². The van der Waals surface area contributed by atoms with E-state index in [2.05, 4.69) is 43.3 Å². The highest BCUT2D eigenvalue weighted by atomic mass is 16.1. The molecule has 2 N–H and O–H groups in total. The van der Waals surface area contributed by atoms with Gasteiger partial charge < -0.3 is 10.6 Å². The zero-order chi connectivity index (χ0) is 14.4. The number of aromatic nitrogens is 1. The number of rotatable bonds is 6. The number of nitrogens with zero attached hydrogens (tertiary/aromatic N) is 1. The lowest BCUT2D eigenvalue weighted by Gasteiger charge is -2.25. The third-order valence-electron chi connectivity index (χ3n) is 3.50. The summed E-state index contributed by atoms with van der Waals surface area (Å²) in [6.07, 6.45) is 1.67. The highest BCUT2D eigenvalue weighted by Gasteiger charge is 2.19. The fraction of sp³-hybridized carbons (Fsp3) is 0.600. The number of nitrogens with one attached hydrogen (secondary N) is 2. The predicted molar refractivity (Wildman–Crippen MR) is 79.3 cm³/mol. The number of carbonyl (C=O) groups excluding carboxylic acids is 1. The van der Waals surface area contributed by atoms with Crippen LogP contribution < -0.4 is 10.6 Å². The fourth-order valence-corrected chi connectivity index (χ4v) is 2.33. The Morgan fingerprint density at radius 3 is 2.42 bits per heavy atom. The van der Waals surface area contributed by atoms with Gasteiger partial charge in [-0.1, -0.05) is 27.7 Å². The summed E-state index contributed by atoms with van der Waals surface area (Å²) in [7, 11) is 1.77. The smallest absolute Gasteiger partial charge is 0.255 e. The van der Waals surface area contributed by atoms with Crippen LogP contribution in [0.25, 0.3) is 0 Å². The molecule has 0 aromatic carbocycles. The summed E-state index contributed by atoms with van der Waals surface area (Å²) in [4.78, 5) is 16.3. The average molecular weight is 263 g/mol. The highest BCUT2D eigenvalue weighted by molar-refractivity contribution is 5.98. The molecule has 0 spiro atoms. The molecule has 0 bridgehead atoms. The van der Waals surface area contributed by atoms with Gasteiger partial charge in [0.05, 0.1) is 5.56 Å². The van der Waals surface area contributed by atoms with Gasteiger partial charge in [0, 0.05) is 19.8 Å². The maximum absolute atomic E-state index is 12.2. The molecule has 1 heterocycles. The first-order valence-electron chi connectivity index (χ1n) is 6.88. The second-order valence-electron chi connectivity index (χ2n) is 5.51. The van der Waals surface area contributed by atoms with Gasteiger partial charge in [0.25, 0.3) is 5.91 Å². The molecule has 1 aromatic rings. The van der Waals surface area contributed by atoms with Gasteiger partial charge in [0.2, 0.25) is 0 Å². The van der Waals surface area contributed by atoms with Gasteiger partial charge in [-0.05, 0) is 29.9 Å². The summed E-state index contributed by atoms with van der Waals surface area (Å²) < 4.78 is 0. The molecule has 1 rings (SSSR count). The molecule has 106 valence electrons. The number of carbonyl (C=O) groups is 1. The number of hydrogen-bond donors (Lipinski definition) is 2. The Kier molecular flexibility index (Phi) is 5.80. The van der Waals surface area contributed by atoms with E-state index in [9.17, 15) is 4.79 Å². The summed E-state index contributed by atoms with van der Waals surface area (Å²) in [5, 5.41) is 5.96. The SMILES string of the molecule is CNc1ncccc1C(=O)NCC(C(C)C)C(C)C. The Bertz CT molecular complexity index is 408. The van der Waals surface area contributed by atoms with E-state index in [1.165, 1.54) is 0 Å². The van der Waals surface area contributed by atoms with Crippen molar-refractivity contribution in [3.8, 4) is 0 Å². The van der Waals surface area contributed by atoms with Crippen LogP contribution in [-0.2, 0) is 0 Å². The van der Waals surface area contributed by atoms with Gasteiger partial charge in [-0.3, -0.25) is 4.79 Å². The van der Waals surface area contributed by atoms with Crippen LogP contribution in [0.5, 0.6) is 0 Å². The van der Waals surface area contributed by atoms with E-state index in [1.807, 2.05) is 0 Å². The molecule has 0 aliphatic heterocycles. The zero-order valence-electron chi connectivity index (χ0n) is 12.5. The van der Waals surface area contributed by atoms with Crippen molar-refractivity contribution in [3.05, 3.63) is 23.9 Å². The Balaban J connectivity index is 2.69. The number of amides is 1. The Morgan fingerprint density at radius 2 is 1.89 bits per heavy atom. The van der Waals surface area contributed by atoms with Gasteiger partial charge in [0.15, 0.2) is 0 Å². The molecule has 0 aliphatic carbocycles.